The highest BCUT2D eigenvalue weighted by molar-refractivity contribution is 7.16. The van der Waals surface area contributed by atoms with Crippen molar-refractivity contribution in [3.05, 3.63) is 40.7 Å². The number of aromatic nitrogens is 4. The summed E-state index contributed by atoms with van der Waals surface area (Å²) in [6.07, 6.45) is 6.31. The molecule has 0 radical (unpaired) electrons. The number of rotatable bonds is 4. The molecule has 2 heterocycles. The molecule has 6 heteroatoms. The van der Waals surface area contributed by atoms with E-state index < -0.39 is 0 Å². The van der Waals surface area contributed by atoms with E-state index in [4.69, 9.17) is 4.74 Å². The van der Waals surface area contributed by atoms with Gasteiger partial charge >= 0.3 is 0 Å². The van der Waals surface area contributed by atoms with E-state index in [1.165, 1.54) is 37.7 Å². The second-order valence-electron chi connectivity index (χ2n) is 6.19. The van der Waals surface area contributed by atoms with Crippen LogP contribution in [0.2, 0.25) is 0 Å². The molecule has 4 rings (SSSR count). The highest BCUT2D eigenvalue weighted by atomic mass is 32.1. The third-order valence-electron chi connectivity index (χ3n) is 4.41. The summed E-state index contributed by atoms with van der Waals surface area (Å²) in [5.41, 5.74) is 1.23. The second kappa shape index (κ2) is 6.28. The first-order chi connectivity index (χ1) is 11.3. The standard InChI is InChI=1S/C17H20N4OS/c1-12-7-9-14(10-8-12)22-11-15-20-21-16(18-19-17(21)23-15)13-5-3-2-4-6-13/h7-10,13H,2-6,11H2,1H3. The van der Waals surface area contributed by atoms with Gasteiger partial charge < -0.3 is 4.74 Å². The summed E-state index contributed by atoms with van der Waals surface area (Å²) >= 11 is 1.56. The first kappa shape index (κ1) is 14.6. The van der Waals surface area contributed by atoms with Gasteiger partial charge in [-0.3, -0.25) is 0 Å². The first-order valence-electron chi connectivity index (χ1n) is 8.20. The molecular formula is C17H20N4OS. The number of aryl methyl sites for hydroxylation is 1. The van der Waals surface area contributed by atoms with Gasteiger partial charge in [-0.1, -0.05) is 48.3 Å². The fraction of sp³-hybridized carbons (Fsp3) is 0.471. The Kier molecular flexibility index (Phi) is 3.99. The largest absolute Gasteiger partial charge is 0.486 e. The lowest BCUT2D eigenvalue weighted by Crippen LogP contribution is -2.09. The van der Waals surface area contributed by atoms with Gasteiger partial charge in [-0.15, -0.1) is 10.2 Å². The zero-order valence-electron chi connectivity index (χ0n) is 13.2. The molecule has 0 unspecified atom stereocenters. The summed E-state index contributed by atoms with van der Waals surface area (Å²) in [5, 5.41) is 14.3. The summed E-state index contributed by atoms with van der Waals surface area (Å²) < 4.78 is 7.74. The lowest BCUT2D eigenvalue weighted by molar-refractivity contribution is 0.303. The van der Waals surface area contributed by atoms with Crippen molar-refractivity contribution in [3.63, 3.8) is 0 Å². The molecule has 0 atom stereocenters. The molecule has 0 aliphatic heterocycles. The molecule has 2 aromatic heterocycles. The van der Waals surface area contributed by atoms with Crippen LogP contribution in [0.15, 0.2) is 24.3 Å². The van der Waals surface area contributed by atoms with Gasteiger partial charge in [0.05, 0.1) is 0 Å². The van der Waals surface area contributed by atoms with Crippen LogP contribution in [0, 0.1) is 6.92 Å². The second-order valence-corrected chi connectivity index (χ2v) is 7.23. The molecule has 5 nitrogen and oxygen atoms in total. The van der Waals surface area contributed by atoms with Crippen molar-refractivity contribution in [1.29, 1.82) is 0 Å². The Labute approximate surface area is 139 Å². The number of hydrogen-bond donors (Lipinski definition) is 0. The molecular weight excluding hydrogens is 308 g/mol. The maximum absolute atomic E-state index is 5.82. The Bertz CT molecular complexity index is 787. The van der Waals surface area contributed by atoms with Crippen LogP contribution in [-0.2, 0) is 6.61 Å². The maximum Gasteiger partial charge on any atom is 0.234 e. The maximum atomic E-state index is 5.82. The number of fused-ring (bicyclic) bond motifs is 1. The highest BCUT2D eigenvalue weighted by Gasteiger charge is 2.22. The van der Waals surface area contributed by atoms with E-state index in [9.17, 15) is 0 Å². The van der Waals surface area contributed by atoms with Crippen LogP contribution >= 0.6 is 11.3 Å². The zero-order chi connectivity index (χ0) is 15.6. The third-order valence-corrected chi connectivity index (χ3v) is 5.28. The molecule has 0 amide bonds. The summed E-state index contributed by atoms with van der Waals surface area (Å²) in [4.78, 5) is 0.869. The number of ether oxygens (including phenoxy) is 1. The summed E-state index contributed by atoms with van der Waals surface area (Å²) in [6, 6.07) is 8.08. The van der Waals surface area contributed by atoms with E-state index in [1.54, 1.807) is 11.3 Å². The van der Waals surface area contributed by atoms with E-state index in [1.807, 2.05) is 16.6 Å². The quantitative estimate of drug-likeness (QED) is 0.723. The van der Waals surface area contributed by atoms with E-state index in [-0.39, 0.29) is 0 Å². The van der Waals surface area contributed by atoms with Gasteiger partial charge in [-0.25, -0.2) is 0 Å². The smallest absolute Gasteiger partial charge is 0.234 e. The van der Waals surface area contributed by atoms with Crippen molar-refractivity contribution in [2.75, 3.05) is 0 Å². The minimum absolute atomic E-state index is 0.473. The lowest BCUT2D eigenvalue weighted by Gasteiger charge is -2.18. The van der Waals surface area contributed by atoms with Crippen LogP contribution < -0.4 is 4.74 Å². The Morgan fingerprint density at radius 3 is 2.70 bits per heavy atom. The summed E-state index contributed by atoms with van der Waals surface area (Å²) in [5.74, 6) is 2.40. The number of hydrogen-bond acceptors (Lipinski definition) is 5. The van der Waals surface area contributed by atoms with Gasteiger partial charge in [-0.05, 0) is 31.9 Å². The van der Waals surface area contributed by atoms with Crippen molar-refractivity contribution >= 4 is 16.3 Å². The third kappa shape index (κ3) is 3.08. The van der Waals surface area contributed by atoms with Gasteiger partial charge in [0.1, 0.15) is 12.4 Å². The van der Waals surface area contributed by atoms with Gasteiger partial charge in [0.25, 0.3) is 0 Å². The van der Waals surface area contributed by atoms with Gasteiger partial charge in [-0.2, -0.15) is 9.61 Å². The predicted molar refractivity (Wildman–Crippen MR) is 90.0 cm³/mol. The molecule has 1 aliphatic rings. The Hall–Kier alpha value is -1.95. The number of benzene rings is 1. The van der Waals surface area contributed by atoms with Crippen LogP contribution in [-0.4, -0.2) is 19.8 Å². The molecule has 120 valence electrons. The summed E-state index contributed by atoms with van der Waals surface area (Å²) in [7, 11) is 0. The van der Waals surface area contributed by atoms with E-state index >= 15 is 0 Å². The SMILES string of the molecule is Cc1ccc(OCc2nn3c(C4CCCCC4)nnc3s2)cc1. The molecule has 1 aromatic carbocycles. The van der Waals surface area contributed by atoms with Crippen molar-refractivity contribution < 1.29 is 4.74 Å². The van der Waals surface area contributed by atoms with Crippen LogP contribution in [0.1, 0.15) is 54.4 Å². The van der Waals surface area contributed by atoms with E-state index in [2.05, 4.69) is 34.4 Å². The first-order valence-corrected chi connectivity index (χ1v) is 9.02. The van der Waals surface area contributed by atoms with Crippen LogP contribution in [0.5, 0.6) is 5.75 Å². The molecule has 0 bridgehead atoms. The molecule has 1 aliphatic carbocycles. The minimum atomic E-state index is 0.473. The molecule has 23 heavy (non-hydrogen) atoms. The normalized spacial score (nSPS) is 16.0. The Morgan fingerprint density at radius 1 is 1.13 bits per heavy atom. The average molecular weight is 328 g/mol. The van der Waals surface area contributed by atoms with Crippen LogP contribution in [0.3, 0.4) is 0 Å². The predicted octanol–water partition coefficient (Wildman–Crippen LogP) is 4.12. The monoisotopic (exact) mass is 328 g/mol. The van der Waals surface area contributed by atoms with Gasteiger partial charge in [0, 0.05) is 5.92 Å². The fourth-order valence-electron chi connectivity index (χ4n) is 3.12. The van der Waals surface area contributed by atoms with Crippen molar-refractivity contribution in [3.8, 4) is 5.75 Å². The minimum Gasteiger partial charge on any atom is -0.486 e. The van der Waals surface area contributed by atoms with Crippen LogP contribution in [0.25, 0.3) is 4.96 Å². The van der Waals surface area contributed by atoms with E-state index in [0.717, 1.165) is 21.5 Å². The molecule has 0 N–H and O–H groups in total. The van der Waals surface area contributed by atoms with Crippen LogP contribution in [0.4, 0.5) is 0 Å². The molecule has 0 saturated heterocycles. The van der Waals surface area contributed by atoms with Crippen molar-refractivity contribution in [2.24, 2.45) is 0 Å². The topological polar surface area (TPSA) is 52.3 Å². The van der Waals surface area contributed by atoms with Gasteiger partial charge in [0.2, 0.25) is 4.96 Å². The molecule has 0 spiro atoms. The lowest BCUT2D eigenvalue weighted by atomic mass is 9.89. The summed E-state index contributed by atoms with van der Waals surface area (Å²) in [6.45, 7) is 2.54. The average Bonchev–Trinajstić information content (AvgIpc) is 3.15. The van der Waals surface area contributed by atoms with E-state index in [0.29, 0.717) is 12.5 Å². The van der Waals surface area contributed by atoms with Crippen molar-refractivity contribution in [1.82, 2.24) is 19.8 Å². The fourth-order valence-corrected chi connectivity index (χ4v) is 3.88. The zero-order valence-corrected chi connectivity index (χ0v) is 14.1. The Balaban J connectivity index is 1.50. The van der Waals surface area contributed by atoms with Crippen molar-refractivity contribution in [2.45, 2.75) is 51.6 Å². The van der Waals surface area contributed by atoms with Gasteiger partial charge in [0.15, 0.2) is 10.8 Å². The Morgan fingerprint density at radius 2 is 1.91 bits per heavy atom. The molecule has 1 saturated carbocycles. The molecule has 1 fully saturated rings. The highest BCUT2D eigenvalue weighted by Crippen LogP contribution is 2.32. The molecule has 3 aromatic rings. The number of nitrogens with zero attached hydrogens (tertiary/aromatic N) is 4.